The van der Waals surface area contributed by atoms with Crippen molar-refractivity contribution in [2.24, 2.45) is 11.7 Å². The summed E-state index contributed by atoms with van der Waals surface area (Å²) in [5.41, 5.74) is 9.88. The molecule has 0 aliphatic rings. The number of nitrogens with zero attached hydrogens (tertiary/aromatic N) is 5. The third-order valence-electron chi connectivity index (χ3n) is 6.99. The Hall–Kier alpha value is -4.48. The minimum absolute atomic E-state index is 0.0367. The second-order valence-electron chi connectivity index (χ2n) is 10.5. The lowest BCUT2D eigenvalue weighted by Crippen LogP contribution is -2.38. The zero-order valence-electron chi connectivity index (χ0n) is 24.4. The van der Waals surface area contributed by atoms with Crippen LogP contribution in [0.15, 0.2) is 67.4 Å². The van der Waals surface area contributed by atoms with Crippen LogP contribution >= 0.6 is 0 Å². The molecule has 0 bridgehead atoms. The summed E-state index contributed by atoms with van der Waals surface area (Å²) in [7, 11) is 3.84. The number of esters is 1. The lowest BCUT2D eigenvalue weighted by atomic mass is 10.0. The molecule has 0 aliphatic heterocycles. The topological polar surface area (TPSA) is 128 Å². The third kappa shape index (κ3) is 7.23. The van der Waals surface area contributed by atoms with Crippen LogP contribution in [0.1, 0.15) is 33.4 Å². The predicted octanol–water partition coefficient (Wildman–Crippen LogP) is 4.79. The van der Waals surface area contributed by atoms with Crippen molar-refractivity contribution in [2.75, 3.05) is 26.0 Å². The monoisotopic (exact) mass is 573 g/mol. The van der Waals surface area contributed by atoms with Gasteiger partial charge in [0.25, 0.3) is 0 Å². The highest BCUT2D eigenvalue weighted by Gasteiger charge is 2.25. The van der Waals surface area contributed by atoms with Crippen LogP contribution in [0.4, 0.5) is 10.1 Å². The van der Waals surface area contributed by atoms with Gasteiger partial charge in [0, 0.05) is 65.6 Å². The van der Waals surface area contributed by atoms with Crippen molar-refractivity contribution in [2.45, 2.75) is 39.5 Å². The molecular weight excluding hydrogens is 537 g/mol. The van der Waals surface area contributed by atoms with E-state index in [2.05, 4.69) is 15.3 Å². The summed E-state index contributed by atoms with van der Waals surface area (Å²) in [4.78, 5) is 39.7. The van der Waals surface area contributed by atoms with E-state index in [0.29, 0.717) is 34.4 Å². The molecule has 4 rings (SSSR count). The van der Waals surface area contributed by atoms with E-state index in [4.69, 9.17) is 15.5 Å². The van der Waals surface area contributed by atoms with Crippen LogP contribution in [-0.4, -0.2) is 63.0 Å². The molecule has 0 saturated carbocycles. The quantitative estimate of drug-likeness (QED) is 0.149. The maximum atomic E-state index is 14.1. The molecule has 3 atom stereocenters. The van der Waals surface area contributed by atoms with Crippen LogP contribution in [0.3, 0.4) is 0 Å². The van der Waals surface area contributed by atoms with E-state index in [9.17, 15) is 14.0 Å². The molecule has 42 heavy (non-hydrogen) atoms. The second-order valence-corrected chi connectivity index (χ2v) is 10.5. The number of carbonyl (C=O) groups excluding carboxylic acids is 2. The van der Waals surface area contributed by atoms with Gasteiger partial charge in [-0.05, 0) is 50.7 Å². The molecule has 10 nitrogen and oxygen atoms in total. The summed E-state index contributed by atoms with van der Waals surface area (Å²) in [5, 5.41) is 3.53. The van der Waals surface area contributed by atoms with E-state index in [1.165, 1.54) is 18.3 Å². The third-order valence-corrected chi connectivity index (χ3v) is 6.99. The SMILES string of the molecule is CC[C@H](C)[C@H](N)C(=O)OC(C)n1cc(-c2ccnc(F)c2)c2cc(-c3cncc(NC(=O)/C=C/CN(C)C)c3)cnc21. The van der Waals surface area contributed by atoms with Gasteiger partial charge in [-0.2, -0.15) is 4.39 Å². The average molecular weight is 574 g/mol. The molecular formula is C31H36FN7O3. The fraction of sp³-hybridized carbons (Fsp3) is 0.323. The summed E-state index contributed by atoms with van der Waals surface area (Å²) in [6, 6.07) is 5.99. The van der Waals surface area contributed by atoms with Crippen LogP contribution in [-0.2, 0) is 14.3 Å². The van der Waals surface area contributed by atoms with Gasteiger partial charge in [-0.25, -0.2) is 9.97 Å². The van der Waals surface area contributed by atoms with E-state index in [-0.39, 0.29) is 11.8 Å². The number of fused-ring (bicyclic) bond motifs is 1. The number of carbonyl (C=O) groups is 2. The van der Waals surface area contributed by atoms with E-state index < -0.39 is 24.2 Å². The summed E-state index contributed by atoms with van der Waals surface area (Å²) < 4.78 is 21.6. The molecule has 3 N–H and O–H groups in total. The minimum Gasteiger partial charge on any atom is -0.440 e. The van der Waals surface area contributed by atoms with Gasteiger partial charge in [-0.15, -0.1) is 0 Å². The number of pyridine rings is 3. The fourth-order valence-electron chi connectivity index (χ4n) is 4.38. The molecule has 0 aromatic carbocycles. The van der Waals surface area contributed by atoms with Gasteiger partial charge in [0.05, 0.1) is 11.9 Å². The molecule has 4 heterocycles. The van der Waals surface area contributed by atoms with Gasteiger partial charge in [0.1, 0.15) is 11.7 Å². The van der Waals surface area contributed by atoms with Crippen LogP contribution in [0, 0.1) is 11.9 Å². The molecule has 1 unspecified atom stereocenters. The standard InChI is InChI=1S/C31H36FN7O3/c1-6-19(2)29(33)31(41)42-20(3)39-18-26(21-9-10-35-27(32)14-21)25-13-23(16-36-30(25)39)22-12-24(17-34-15-22)37-28(40)8-7-11-38(4)5/h7-10,12-20,29H,6,11,33H2,1-5H3,(H,37,40)/b8-7+/t19-,20?,29-/m0/s1. The zero-order chi connectivity index (χ0) is 30.4. The molecule has 4 aromatic rings. The van der Waals surface area contributed by atoms with Crippen LogP contribution in [0.25, 0.3) is 33.3 Å². The Morgan fingerprint density at radius 3 is 2.60 bits per heavy atom. The largest absolute Gasteiger partial charge is 0.440 e. The molecule has 0 spiro atoms. The first-order valence-corrected chi connectivity index (χ1v) is 13.7. The number of anilines is 1. The number of nitrogens with two attached hydrogens (primary N) is 1. The number of aromatic nitrogens is 4. The molecule has 11 heteroatoms. The number of hydrogen-bond acceptors (Lipinski definition) is 8. The molecule has 0 radical (unpaired) electrons. The summed E-state index contributed by atoms with van der Waals surface area (Å²) in [6.07, 6.45) is 11.3. The highest BCUT2D eigenvalue weighted by molar-refractivity contribution is 6.00. The predicted molar refractivity (Wildman–Crippen MR) is 161 cm³/mol. The molecule has 220 valence electrons. The fourth-order valence-corrected chi connectivity index (χ4v) is 4.38. The highest BCUT2D eigenvalue weighted by Crippen LogP contribution is 2.35. The Kier molecular flexibility index (Phi) is 9.76. The maximum Gasteiger partial charge on any atom is 0.325 e. The van der Waals surface area contributed by atoms with E-state index in [0.717, 1.165) is 17.5 Å². The van der Waals surface area contributed by atoms with Crippen molar-refractivity contribution in [1.82, 2.24) is 24.4 Å². The number of likely N-dealkylation sites (N-methyl/N-ethyl adjacent to an activating group) is 1. The van der Waals surface area contributed by atoms with Crippen LogP contribution in [0.2, 0.25) is 0 Å². The normalized spacial score (nSPS) is 13.8. The number of hydrogen-bond donors (Lipinski definition) is 2. The second kappa shape index (κ2) is 13.5. The van der Waals surface area contributed by atoms with Crippen molar-refractivity contribution in [3.8, 4) is 22.3 Å². The van der Waals surface area contributed by atoms with Crippen LogP contribution in [0.5, 0.6) is 0 Å². The summed E-state index contributed by atoms with van der Waals surface area (Å²) in [5.74, 6) is -1.43. The Bertz CT molecular complexity index is 1600. The van der Waals surface area contributed by atoms with Crippen molar-refractivity contribution < 1.29 is 18.7 Å². The van der Waals surface area contributed by atoms with Crippen LogP contribution < -0.4 is 11.1 Å². The average Bonchev–Trinajstić information content (AvgIpc) is 3.35. The summed E-state index contributed by atoms with van der Waals surface area (Å²) in [6.45, 7) is 6.24. The molecule has 0 aliphatic carbocycles. The van der Waals surface area contributed by atoms with Gasteiger partial charge in [0.15, 0.2) is 6.23 Å². The van der Waals surface area contributed by atoms with Crippen molar-refractivity contribution >= 4 is 28.6 Å². The molecule has 4 aromatic heterocycles. The van der Waals surface area contributed by atoms with Gasteiger partial charge in [-0.1, -0.05) is 26.3 Å². The lowest BCUT2D eigenvalue weighted by Gasteiger charge is -2.21. The minimum atomic E-state index is -0.753. The van der Waals surface area contributed by atoms with Crippen molar-refractivity contribution in [1.29, 1.82) is 0 Å². The van der Waals surface area contributed by atoms with E-state index in [1.54, 1.807) is 54.5 Å². The first-order valence-electron chi connectivity index (χ1n) is 13.7. The van der Waals surface area contributed by atoms with Gasteiger partial charge >= 0.3 is 5.97 Å². The van der Waals surface area contributed by atoms with Gasteiger partial charge in [0.2, 0.25) is 11.9 Å². The lowest BCUT2D eigenvalue weighted by molar-refractivity contribution is -0.155. The first-order chi connectivity index (χ1) is 20.1. The molecule has 0 fully saturated rings. The number of halogens is 1. The number of nitrogens with one attached hydrogen (secondary N) is 1. The number of amides is 1. The Balaban J connectivity index is 1.70. The summed E-state index contributed by atoms with van der Waals surface area (Å²) >= 11 is 0. The van der Waals surface area contributed by atoms with Gasteiger partial charge in [-0.3, -0.25) is 19.1 Å². The van der Waals surface area contributed by atoms with E-state index >= 15 is 0 Å². The zero-order valence-corrected chi connectivity index (χ0v) is 24.4. The molecule has 0 saturated heterocycles. The first kappa shape index (κ1) is 30.5. The van der Waals surface area contributed by atoms with Crippen molar-refractivity contribution in [3.63, 3.8) is 0 Å². The Morgan fingerprint density at radius 1 is 1.12 bits per heavy atom. The number of ether oxygens (including phenoxy) is 1. The highest BCUT2D eigenvalue weighted by atomic mass is 19.1. The van der Waals surface area contributed by atoms with E-state index in [1.807, 2.05) is 38.9 Å². The molecule has 1 amide bonds. The van der Waals surface area contributed by atoms with Crippen molar-refractivity contribution in [3.05, 3.63) is 73.3 Å². The number of rotatable bonds is 11. The Morgan fingerprint density at radius 2 is 1.88 bits per heavy atom. The Labute approximate surface area is 244 Å². The smallest absolute Gasteiger partial charge is 0.325 e. The van der Waals surface area contributed by atoms with Gasteiger partial charge < -0.3 is 20.7 Å². The maximum absolute atomic E-state index is 14.1.